The average Bonchev–Trinajstić information content (AvgIpc) is 2.96. The van der Waals surface area contributed by atoms with Gasteiger partial charge in [0.05, 0.1) is 0 Å². The molecule has 0 bridgehead atoms. The normalized spacial score (nSPS) is 27.4. The van der Waals surface area contributed by atoms with Crippen molar-refractivity contribution in [2.75, 3.05) is 13.9 Å². The fourth-order valence-corrected chi connectivity index (χ4v) is 2.50. The zero-order chi connectivity index (χ0) is 15.6. The summed E-state index contributed by atoms with van der Waals surface area (Å²) in [6, 6.07) is 9.06. The molecular weight excluding hydrogens is 282 g/mol. The smallest absolute Gasteiger partial charge is 0.223 e. The Morgan fingerprint density at radius 2 is 2.18 bits per heavy atom. The Bertz CT molecular complexity index is 662. The van der Waals surface area contributed by atoms with Gasteiger partial charge < -0.3 is 19.9 Å². The van der Waals surface area contributed by atoms with Crippen molar-refractivity contribution in [2.45, 2.75) is 11.9 Å². The largest absolute Gasteiger partial charge is 0.398 e. The number of allylic oxidation sites excluding steroid dienone is 2. The van der Waals surface area contributed by atoms with E-state index in [1.54, 1.807) is 37.5 Å². The Morgan fingerprint density at radius 1 is 1.41 bits per heavy atom. The van der Waals surface area contributed by atoms with Gasteiger partial charge in [-0.25, -0.2) is 0 Å². The van der Waals surface area contributed by atoms with Gasteiger partial charge in [-0.1, -0.05) is 30.3 Å². The first-order valence-corrected chi connectivity index (χ1v) is 6.93. The third kappa shape index (κ3) is 2.62. The minimum atomic E-state index is -0.967. The first-order chi connectivity index (χ1) is 10.6. The number of nitrogens with two attached hydrogens (primary N) is 1. The topological polar surface area (TPSA) is 70.8 Å². The molecule has 114 valence electrons. The predicted molar refractivity (Wildman–Crippen MR) is 80.8 cm³/mol. The molecule has 1 saturated heterocycles. The summed E-state index contributed by atoms with van der Waals surface area (Å²) in [6.45, 7) is 0.138. The van der Waals surface area contributed by atoms with Crippen LogP contribution in [0.4, 0.5) is 0 Å². The van der Waals surface area contributed by atoms with Gasteiger partial charge in [-0.3, -0.25) is 4.79 Å². The maximum Gasteiger partial charge on any atom is 0.223 e. The van der Waals surface area contributed by atoms with E-state index in [9.17, 15) is 4.79 Å². The van der Waals surface area contributed by atoms with Gasteiger partial charge in [0.1, 0.15) is 6.10 Å². The van der Waals surface area contributed by atoms with Crippen molar-refractivity contribution in [2.24, 2.45) is 5.73 Å². The standard InChI is InChI=1S/C17H17NO4/c1-20-17-10-14(18)13(9-16(17)21-11-22-17)7-8-15(19)12-5-3-2-4-6-12/h2-10,16H,11,18H2,1H3. The molecule has 1 aromatic rings. The van der Waals surface area contributed by atoms with E-state index in [-0.39, 0.29) is 18.7 Å². The lowest BCUT2D eigenvalue weighted by molar-refractivity contribution is -0.159. The summed E-state index contributed by atoms with van der Waals surface area (Å²) in [5.41, 5.74) is 7.87. The van der Waals surface area contributed by atoms with Crippen molar-refractivity contribution >= 4 is 5.78 Å². The molecule has 0 saturated carbocycles. The summed E-state index contributed by atoms with van der Waals surface area (Å²) < 4.78 is 16.3. The van der Waals surface area contributed by atoms with Crippen LogP contribution in [0, 0.1) is 0 Å². The van der Waals surface area contributed by atoms with E-state index < -0.39 is 5.79 Å². The lowest BCUT2D eigenvalue weighted by Crippen LogP contribution is -2.42. The van der Waals surface area contributed by atoms with Gasteiger partial charge in [0.15, 0.2) is 12.6 Å². The Balaban J connectivity index is 1.80. The van der Waals surface area contributed by atoms with Crippen molar-refractivity contribution in [1.82, 2.24) is 0 Å². The van der Waals surface area contributed by atoms with Crippen LogP contribution in [0.1, 0.15) is 10.4 Å². The number of hydrogen-bond donors (Lipinski definition) is 1. The van der Waals surface area contributed by atoms with Gasteiger partial charge in [-0.15, -0.1) is 0 Å². The highest BCUT2D eigenvalue weighted by atomic mass is 16.8. The molecule has 0 amide bonds. The average molecular weight is 299 g/mol. The number of carbonyl (C=O) groups is 1. The Labute approximate surface area is 128 Å². The zero-order valence-electron chi connectivity index (χ0n) is 12.2. The van der Waals surface area contributed by atoms with Crippen molar-refractivity contribution in [1.29, 1.82) is 0 Å². The molecule has 2 aliphatic rings. The fraction of sp³-hybridized carbons (Fsp3) is 0.235. The van der Waals surface area contributed by atoms with E-state index in [0.717, 1.165) is 0 Å². The molecule has 0 spiro atoms. The number of benzene rings is 1. The number of ether oxygens (including phenoxy) is 3. The lowest BCUT2D eigenvalue weighted by atomic mass is 9.95. The van der Waals surface area contributed by atoms with Crippen LogP contribution in [0.5, 0.6) is 0 Å². The molecule has 2 atom stereocenters. The highest BCUT2D eigenvalue weighted by molar-refractivity contribution is 6.04. The summed E-state index contributed by atoms with van der Waals surface area (Å²) in [4.78, 5) is 12.1. The first kappa shape index (κ1) is 14.7. The quantitative estimate of drug-likeness (QED) is 0.679. The highest BCUT2D eigenvalue weighted by Crippen LogP contribution is 2.35. The van der Waals surface area contributed by atoms with E-state index in [1.807, 2.05) is 18.2 Å². The SMILES string of the molecule is COC12C=C(N)C(C=CC(=O)c3ccccc3)=CC1OCO2. The highest BCUT2D eigenvalue weighted by Gasteiger charge is 2.46. The molecule has 3 rings (SSSR count). The van der Waals surface area contributed by atoms with E-state index >= 15 is 0 Å². The molecule has 2 unspecified atom stereocenters. The van der Waals surface area contributed by atoms with Crippen molar-refractivity contribution in [3.63, 3.8) is 0 Å². The maximum absolute atomic E-state index is 12.1. The van der Waals surface area contributed by atoms with Crippen molar-refractivity contribution in [3.8, 4) is 0 Å². The Morgan fingerprint density at radius 3 is 2.91 bits per heavy atom. The van der Waals surface area contributed by atoms with Crippen LogP contribution >= 0.6 is 0 Å². The lowest BCUT2D eigenvalue weighted by Gasteiger charge is -2.30. The van der Waals surface area contributed by atoms with E-state index in [1.165, 1.54) is 6.08 Å². The zero-order valence-corrected chi connectivity index (χ0v) is 12.2. The van der Waals surface area contributed by atoms with Gasteiger partial charge in [0, 0.05) is 24.4 Å². The molecule has 2 N–H and O–H groups in total. The maximum atomic E-state index is 12.1. The Hall–Kier alpha value is -2.21. The third-order valence-corrected chi connectivity index (χ3v) is 3.74. The van der Waals surface area contributed by atoms with Gasteiger partial charge in [-0.05, 0) is 23.8 Å². The molecule has 5 heteroatoms. The van der Waals surface area contributed by atoms with Gasteiger partial charge >= 0.3 is 0 Å². The van der Waals surface area contributed by atoms with E-state index in [2.05, 4.69) is 0 Å². The van der Waals surface area contributed by atoms with Crippen LogP contribution in [0.15, 0.2) is 65.9 Å². The molecule has 1 aliphatic carbocycles. The second-order valence-corrected chi connectivity index (χ2v) is 5.06. The van der Waals surface area contributed by atoms with Crippen molar-refractivity contribution in [3.05, 3.63) is 71.5 Å². The molecule has 1 fully saturated rings. The summed E-state index contributed by atoms with van der Waals surface area (Å²) >= 11 is 0. The molecular formula is C17H17NO4. The van der Waals surface area contributed by atoms with Crippen molar-refractivity contribution < 1.29 is 19.0 Å². The fourth-order valence-electron chi connectivity index (χ4n) is 2.50. The molecule has 0 aromatic heterocycles. The molecule has 5 nitrogen and oxygen atoms in total. The van der Waals surface area contributed by atoms with Crippen LogP contribution < -0.4 is 5.73 Å². The number of hydrogen-bond acceptors (Lipinski definition) is 5. The predicted octanol–water partition coefficient (Wildman–Crippen LogP) is 1.92. The van der Waals surface area contributed by atoms with Crippen LogP contribution in [0.2, 0.25) is 0 Å². The van der Waals surface area contributed by atoms with Crippen LogP contribution in [0.25, 0.3) is 0 Å². The molecule has 1 heterocycles. The van der Waals surface area contributed by atoms with Crippen LogP contribution in [-0.2, 0) is 14.2 Å². The third-order valence-electron chi connectivity index (χ3n) is 3.74. The Kier molecular flexibility index (Phi) is 3.94. The first-order valence-electron chi connectivity index (χ1n) is 6.93. The second-order valence-electron chi connectivity index (χ2n) is 5.06. The van der Waals surface area contributed by atoms with Gasteiger partial charge in [0.25, 0.3) is 0 Å². The molecule has 1 aromatic carbocycles. The van der Waals surface area contributed by atoms with E-state index in [4.69, 9.17) is 19.9 Å². The molecule has 22 heavy (non-hydrogen) atoms. The monoisotopic (exact) mass is 299 g/mol. The van der Waals surface area contributed by atoms with Crippen LogP contribution in [0.3, 0.4) is 0 Å². The summed E-state index contributed by atoms with van der Waals surface area (Å²) in [5.74, 6) is -1.05. The number of carbonyl (C=O) groups excluding carboxylic acids is 1. The number of rotatable bonds is 4. The minimum Gasteiger partial charge on any atom is -0.398 e. The number of methoxy groups -OCH3 is 1. The summed E-state index contributed by atoms with van der Waals surface area (Å²) in [6.07, 6.45) is 6.29. The minimum absolute atomic E-state index is 0.0820. The van der Waals surface area contributed by atoms with Gasteiger partial charge in [-0.2, -0.15) is 0 Å². The number of fused-ring (bicyclic) bond motifs is 1. The molecule has 0 radical (unpaired) electrons. The molecule has 1 aliphatic heterocycles. The summed E-state index contributed by atoms with van der Waals surface area (Å²) in [5, 5.41) is 0. The second kappa shape index (κ2) is 5.88. The van der Waals surface area contributed by atoms with E-state index in [0.29, 0.717) is 16.8 Å². The summed E-state index contributed by atoms with van der Waals surface area (Å²) in [7, 11) is 1.54. The van der Waals surface area contributed by atoms with Gasteiger partial charge in [0.2, 0.25) is 5.79 Å². The number of ketones is 1. The van der Waals surface area contributed by atoms with Crippen LogP contribution in [-0.4, -0.2) is 31.6 Å².